The average Bonchev–Trinajstić information content (AvgIpc) is 3.42. The maximum Gasteiger partial charge on any atom is 0.261 e. The Balaban J connectivity index is 1.59. The molecule has 1 aliphatic heterocycles. The third-order valence-corrected chi connectivity index (χ3v) is 6.38. The van der Waals surface area contributed by atoms with Crippen LogP contribution < -0.4 is 10.1 Å². The van der Waals surface area contributed by atoms with Gasteiger partial charge in [-0.25, -0.2) is 9.50 Å². The topological polar surface area (TPSA) is 107 Å². The highest BCUT2D eigenvalue weighted by atomic mass is 35.5. The number of halogens is 1. The molecular weight excluding hydrogens is 470 g/mol. The van der Waals surface area contributed by atoms with Gasteiger partial charge in [0.05, 0.1) is 25.2 Å². The van der Waals surface area contributed by atoms with Gasteiger partial charge in [-0.15, -0.1) is 0 Å². The smallest absolute Gasteiger partial charge is 0.261 e. The van der Waals surface area contributed by atoms with Gasteiger partial charge in [-0.05, 0) is 44.5 Å². The summed E-state index contributed by atoms with van der Waals surface area (Å²) in [4.78, 5) is 32.5. The summed E-state index contributed by atoms with van der Waals surface area (Å²) in [7, 11) is 1.55. The van der Waals surface area contributed by atoms with Gasteiger partial charge in [-0.1, -0.05) is 11.6 Å². The van der Waals surface area contributed by atoms with Crippen LogP contribution in [-0.4, -0.2) is 61.3 Å². The van der Waals surface area contributed by atoms with Crippen LogP contribution in [0.1, 0.15) is 30.6 Å². The highest BCUT2D eigenvalue weighted by molar-refractivity contribution is 6.31. The zero-order chi connectivity index (χ0) is 24.7. The quantitative estimate of drug-likeness (QED) is 0.440. The van der Waals surface area contributed by atoms with Crippen molar-refractivity contribution in [3.8, 4) is 17.0 Å². The average molecular weight is 494 g/mol. The Hall–Kier alpha value is -3.92. The molecule has 3 aromatic heterocycles. The third kappa shape index (κ3) is 3.99. The first-order valence-corrected chi connectivity index (χ1v) is 11.5. The molecule has 1 N–H and O–H groups in total. The van der Waals surface area contributed by atoms with E-state index in [9.17, 15) is 9.59 Å². The molecule has 0 atom stereocenters. The van der Waals surface area contributed by atoms with Crippen LogP contribution in [0.4, 0.5) is 5.69 Å². The SMILES string of the molecule is COc1ccc(Cl)cc1-c1nn(C(C)(C)C(=O)N2CCC2)cc1NC(=O)c1cnn2cccnc12. The summed E-state index contributed by atoms with van der Waals surface area (Å²) in [6.07, 6.45) is 7.41. The van der Waals surface area contributed by atoms with E-state index in [-0.39, 0.29) is 5.91 Å². The van der Waals surface area contributed by atoms with Gasteiger partial charge in [0.15, 0.2) is 5.65 Å². The van der Waals surface area contributed by atoms with Crippen molar-refractivity contribution >= 4 is 34.7 Å². The molecule has 1 fully saturated rings. The molecule has 4 heterocycles. The number of fused-ring (bicyclic) bond motifs is 1. The van der Waals surface area contributed by atoms with Crippen LogP contribution in [0.3, 0.4) is 0 Å². The first-order valence-electron chi connectivity index (χ1n) is 11.1. The Kier molecular flexibility index (Phi) is 5.68. The molecule has 11 heteroatoms. The minimum absolute atomic E-state index is 0.0411. The number of anilines is 1. The van der Waals surface area contributed by atoms with Gasteiger partial charge in [-0.3, -0.25) is 14.3 Å². The van der Waals surface area contributed by atoms with E-state index in [0.29, 0.717) is 38.9 Å². The molecule has 10 nitrogen and oxygen atoms in total. The Morgan fingerprint density at radius 2 is 2.03 bits per heavy atom. The van der Waals surface area contributed by atoms with Crippen molar-refractivity contribution in [1.29, 1.82) is 0 Å². The van der Waals surface area contributed by atoms with E-state index in [2.05, 4.69) is 15.4 Å². The molecule has 1 aromatic carbocycles. The van der Waals surface area contributed by atoms with Gasteiger partial charge < -0.3 is 15.0 Å². The zero-order valence-corrected chi connectivity index (χ0v) is 20.3. The molecule has 0 saturated carbocycles. The molecule has 0 bridgehead atoms. The fourth-order valence-corrected chi connectivity index (χ4v) is 4.17. The molecule has 0 aliphatic carbocycles. The lowest BCUT2D eigenvalue weighted by Crippen LogP contribution is -2.52. The van der Waals surface area contributed by atoms with E-state index in [0.717, 1.165) is 19.5 Å². The fourth-order valence-electron chi connectivity index (χ4n) is 4.00. The number of methoxy groups -OCH3 is 1. The lowest BCUT2D eigenvalue weighted by molar-refractivity contribution is -0.143. The number of carbonyl (C=O) groups is 2. The normalized spacial score (nSPS) is 13.5. The summed E-state index contributed by atoms with van der Waals surface area (Å²) < 4.78 is 8.63. The zero-order valence-electron chi connectivity index (χ0n) is 19.5. The number of hydrogen-bond donors (Lipinski definition) is 1. The van der Waals surface area contributed by atoms with Crippen LogP contribution in [0.15, 0.2) is 49.1 Å². The Morgan fingerprint density at radius 1 is 1.23 bits per heavy atom. The van der Waals surface area contributed by atoms with E-state index in [4.69, 9.17) is 21.4 Å². The summed E-state index contributed by atoms with van der Waals surface area (Å²) in [6, 6.07) is 6.88. The number of nitrogens with zero attached hydrogens (tertiary/aromatic N) is 6. The van der Waals surface area contributed by atoms with E-state index in [1.807, 2.05) is 0 Å². The summed E-state index contributed by atoms with van der Waals surface area (Å²) in [6.45, 7) is 5.06. The lowest BCUT2D eigenvalue weighted by atomic mass is 10.0. The Labute approximate surface area is 206 Å². The third-order valence-electron chi connectivity index (χ3n) is 6.14. The van der Waals surface area contributed by atoms with E-state index in [1.54, 1.807) is 73.4 Å². The summed E-state index contributed by atoms with van der Waals surface area (Å²) in [5.41, 5.74) is 1.16. The second-order valence-electron chi connectivity index (χ2n) is 8.79. The van der Waals surface area contributed by atoms with Crippen LogP contribution >= 0.6 is 11.6 Å². The molecule has 180 valence electrons. The monoisotopic (exact) mass is 493 g/mol. The van der Waals surface area contributed by atoms with Gasteiger partial charge in [0.1, 0.15) is 22.5 Å². The first kappa shape index (κ1) is 22.9. The number of carbonyl (C=O) groups excluding carboxylic acids is 2. The lowest BCUT2D eigenvalue weighted by Gasteiger charge is -2.37. The summed E-state index contributed by atoms with van der Waals surface area (Å²) in [5, 5.41) is 12.3. The van der Waals surface area contributed by atoms with Crippen molar-refractivity contribution in [3.05, 3.63) is 59.6 Å². The van der Waals surface area contributed by atoms with Crippen molar-refractivity contribution in [1.82, 2.24) is 29.3 Å². The van der Waals surface area contributed by atoms with Crippen molar-refractivity contribution in [2.24, 2.45) is 0 Å². The molecule has 35 heavy (non-hydrogen) atoms. The van der Waals surface area contributed by atoms with E-state index in [1.165, 1.54) is 10.7 Å². The molecule has 1 aliphatic rings. The van der Waals surface area contributed by atoms with Gasteiger partial charge >= 0.3 is 0 Å². The van der Waals surface area contributed by atoms with Gasteiger partial charge in [-0.2, -0.15) is 10.2 Å². The van der Waals surface area contributed by atoms with Crippen molar-refractivity contribution < 1.29 is 14.3 Å². The van der Waals surface area contributed by atoms with Crippen LogP contribution in [0, 0.1) is 0 Å². The largest absolute Gasteiger partial charge is 0.496 e. The number of likely N-dealkylation sites (tertiary alicyclic amines) is 1. The second-order valence-corrected chi connectivity index (χ2v) is 9.22. The number of amides is 2. The number of nitrogens with one attached hydrogen (secondary N) is 1. The van der Waals surface area contributed by atoms with Gasteiger partial charge in [0.2, 0.25) is 5.91 Å². The van der Waals surface area contributed by atoms with Crippen LogP contribution in [0.2, 0.25) is 5.02 Å². The highest BCUT2D eigenvalue weighted by Gasteiger charge is 2.38. The summed E-state index contributed by atoms with van der Waals surface area (Å²) in [5.74, 6) is 0.0765. The van der Waals surface area contributed by atoms with E-state index < -0.39 is 11.4 Å². The van der Waals surface area contributed by atoms with E-state index >= 15 is 0 Å². The van der Waals surface area contributed by atoms with Crippen molar-refractivity contribution in [3.63, 3.8) is 0 Å². The number of rotatable bonds is 6. The fraction of sp³-hybridized carbons (Fsp3) is 0.292. The maximum atomic E-state index is 13.3. The molecule has 1 saturated heterocycles. The van der Waals surface area contributed by atoms with Crippen LogP contribution in [0.5, 0.6) is 5.75 Å². The van der Waals surface area contributed by atoms with Gasteiger partial charge in [0, 0.05) is 36.1 Å². The van der Waals surface area contributed by atoms with Crippen LogP contribution in [-0.2, 0) is 10.3 Å². The van der Waals surface area contributed by atoms with Gasteiger partial charge in [0.25, 0.3) is 5.91 Å². The molecule has 5 rings (SSSR count). The Morgan fingerprint density at radius 3 is 2.74 bits per heavy atom. The molecule has 0 radical (unpaired) electrons. The van der Waals surface area contributed by atoms with Crippen molar-refractivity contribution in [2.75, 3.05) is 25.5 Å². The van der Waals surface area contributed by atoms with Crippen molar-refractivity contribution in [2.45, 2.75) is 25.8 Å². The number of benzene rings is 1. The number of ether oxygens (including phenoxy) is 1. The molecular formula is C24H24ClN7O3. The maximum absolute atomic E-state index is 13.3. The molecule has 0 unspecified atom stereocenters. The predicted molar refractivity (Wildman–Crippen MR) is 131 cm³/mol. The first-order chi connectivity index (χ1) is 16.8. The minimum Gasteiger partial charge on any atom is -0.496 e. The van der Waals surface area contributed by atoms with Crippen LogP contribution in [0.25, 0.3) is 16.9 Å². The summed E-state index contributed by atoms with van der Waals surface area (Å²) >= 11 is 6.29. The number of aromatic nitrogens is 5. The minimum atomic E-state index is -0.976. The second kappa shape index (κ2) is 8.70. The molecule has 4 aromatic rings. The Bertz CT molecular complexity index is 1440. The molecule has 2 amide bonds. The predicted octanol–water partition coefficient (Wildman–Crippen LogP) is 3.47. The molecule has 0 spiro atoms. The number of hydrogen-bond acceptors (Lipinski definition) is 6. The highest BCUT2D eigenvalue weighted by Crippen LogP contribution is 2.37. The standard InChI is InChI=1S/C24H24ClN7O3/c1-24(2,23(34)30-9-5-10-30)32-14-18(20(29-32)16-12-15(25)6-7-19(16)35-3)28-22(33)17-13-27-31-11-4-8-26-21(17)31/h4,6-8,11-14H,5,9-10H2,1-3H3,(H,28,33).